The Morgan fingerprint density at radius 2 is 2.12 bits per heavy atom. The number of hydrogen-bond donors (Lipinski definition) is 1. The summed E-state index contributed by atoms with van der Waals surface area (Å²) in [6.45, 7) is 9.93. The molecule has 0 aliphatic carbocycles. The predicted molar refractivity (Wildman–Crippen MR) is 64.1 cm³/mol. The molecule has 0 atom stereocenters. The fraction of sp³-hybridized carbons (Fsp3) is 0.917. The number of hydrogen-bond acceptors (Lipinski definition) is 3. The maximum atomic E-state index is 11.9. The van der Waals surface area contributed by atoms with Crippen LogP contribution in [0.5, 0.6) is 0 Å². The lowest BCUT2D eigenvalue weighted by atomic mass is 9.99. The molecule has 16 heavy (non-hydrogen) atoms. The molecular weight excluding hydrogens is 204 g/mol. The van der Waals surface area contributed by atoms with Crippen molar-refractivity contribution in [3.63, 3.8) is 0 Å². The average Bonchev–Trinajstić information content (AvgIpc) is 2.11. The molecule has 1 aliphatic heterocycles. The van der Waals surface area contributed by atoms with E-state index in [2.05, 4.69) is 0 Å². The van der Waals surface area contributed by atoms with Crippen LogP contribution in [0.1, 0.15) is 40.5 Å². The molecule has 1 fully saturated rings. The summed E-state index contributed by atoms with van der Waals surface area (Å²) in [4.78, 5) is 13.8. The van der Waals surface area contributed by atoms with E-state index >= 15 is 0 Å². The van der Waals surface area contributed by atoms with Crippen molar-refractivity contribution < 1.29 is 9.53 Å². The number of nitrogens with zero attached hydrogens (tertiary/aromatic N) is 1. The minimum atomic E-state index is -0.266. The molecular formula is C12H24N2O2. The van der Waals surface area contributed by atoms with Crippen molar-refractivity contribution in [1.82, 2.24) is 4.90 Å². The number of amides is 1. The first-order valence-corrected chi connectivity index (χ1v) is 5.90. The van der Waals surface area contributed by atoms with Gasteiger partial charge < -0.3 is 15.4 Å². The minimum Gasteiger partial charge on any atom is -0.372 e. The molecule has 0 aromatic carbocycles. The average molecular weight is 228 g/mol. The van der Waals surface area contributed by atoms with Crippen molar-refractivity contribution in [3.05, 3.63) is 0 Å². The molecule has 0 spiro atoms. The standard InChI is InChI=1S/C12H24N2O2/c1-11(2,13)6-5-10(15)14-7-8-16-12(3,4)9-14/h5-9,13H2,1-4H3. The Bertz CT molecular complexity index is 256. The van der Waals surface area contributed by atoms with Crippen LogP contribution in [0.4, 0.5) is 0 Å². The second kappa shape index (κ2) is 4.72. The molecule has 0 aromatic heterocycles. The number of rotatable bonds is 3. The Balaban J connectivity index is 2.42. The van der Waals surface area contributed by atoms with Crippen LogP contribution in [0.3, 0.4) is 0 Å². The van der Waals surface area contributed by atoms with Crippen LogP contribution < -0.4 is 5.73 Å². The summed E-state index contributed by atoms with van der Waals surface area (Å²) >= 11 is 0. The van der Waals surface area contributed by atoms with E-state index < -0.39 is 0 Å². The first-order chi connectivity index (χ1) is 7.20. The van der Waals surface area contributed by atoms with E-state index in [1.54, 1.807) is 0 Å². The zero-order chi connectivity index (χ0) is 12.4. The maximum Gasteiger partial charge on any atom is 0.222 e. The van der Waals surface area contributed by atoms with Gasteiger partial charge in [0.25, 0.3) is 0 Å². The van der Waals surface area contributed by atoms with Crippen molar-refractivity contribution in [1.29, 1.82) is 0 Å². The normalized spacial score (nSPS) is 20.9. The van der Waals surface area contributed by atoms with Crippen LogP contribution in [0.2, 0.25) is 0 Å². The van der Waals surface area contributed by atoms with Gasteiger partial charge in [-0.15, -0.1) is 0 Å². The third-order valence-electron chi connectivity index (χ3n) is 2.76. The Kier molecular flexibility index (Phi) is 3.97. The summed E-state index contributed by atoms with van der Waals surface area (Å²) in [6, 6.07) is 0. The molecule has 1 aliphatic rings. The molecule has 4 nitrogen and oxygen atoms in total. The van der Waals surface area contributed by atoms with E-state index in [1.165, 1.54) is 0 Å². The lowest BCUT2D eigenvalue weighted by Crippen LogP contribution is -2.50. The summed E-state index contributed by atoms with van der Waals surface area (Å²) in [7, 11) is 0. The fourth-order valence-corrected chi connectivity index (χ4v) is 1.82. The molecule has 0 radical (unpaired) electrons. The van der Waals surface area contributed by atoms with E-state index in [0.717, 1.165) is 6.42 Å². The third-order valence-corrected chi connectivity index (χ3v) is 2.76. The van der Waals surface area contributed by atoms with E-state index in [4.69, 9.17) is 10.5 Å². The van der Waals surface area contributed by atoms with Crippen LogP contribution in [0.25, 0.3) is 0 Å². The quantitative estimate of drug-likeness (QED) is 0.788. The van der Waals surface area contributed by atoms with Gasteiger partial charge in [0.1, 0.15) is 0 Å². The Hall–Kier alpha value is -0.610. The topological polar surface area (TPSA) is 55.6 Å². The molecule has 1 rings (SSSR count). The smallest absolute Gasteiger partial charge is 0.222 e. The first kappa shape index (κ1) is 13.5. The summed E-state index contributed by atoms with van der Waals surface area (Å²) < 4.78 is 5.57. The van der Waals surface area contributed by atoms with Crippen LogP contribution in [0.15, 0.2) is 0 Å². The summed E-state index contributed by atoms with van der Waals surface area (Å²) in [6.07, 6.45) is 1.25. The van der Waals surface area contributed by atoms with Gasteiger partial charge in [-0.25, -0.2) is 0 Å². The highest BCUT2D eigenvalue weighted by Crippen LogP contribution is 2.18. The highest BCUT2D eigenvalue weighted by Gasteiger charge is 2.30. The largest absolute Gasteiger partial charge is 0.372 e. The lowest BCUT2D eigenvalue weighted by molar-refractivity contribution is -0.146. The Morgan fingerprint density at radius 1 is 1.50 bits per heavy atom. The van der Waals surface area contributed by atoms with Crippen molar-refractivity contribution in [2.45, 2.75) is 51.7 Å². The van der Waals surface area contributed by atoms with E-state index in [0.29, 0.717) is 26.1 Å². The van der Waals surface area contributed by atoms with Crippen molar-refractivity contribution in [2.75, 3.05) is 19.7 Å². The van der Waals surface area contributed by atoms with Gasteiger partial charge in [0, 0.05) is 25.0 Å². The summed E-state index contributed by atoms with van der Waals surface area (Å²) in [5.74, 6) is 0.190. The van der Waals surface area contributed by atoms with Gasteiger partial charge in [0.05, 0.1) is 12.2 Å². The van der Waals surface area contributed by atoms with E-state index in [9.17, 15) is 4.79 Å². The van der Waals surface area contributed by atoms with Crippen LogP contribution in [-0.2, 0) is 9.53 Å². The predicted octanol–water partition coefficient (Wildman–Crippen LogP) is 1.14. The second-order valence-corrected chi connectivity index (χ2v) is 5.91. The SMILES string of the molecule is CC(C)(N)CCC(=O)N1CCOC(C)(C)C1. The highest BCUT2D eigenvalue weighted by molar-refractivity contribution is 5.76. The summed E-state index contributed by atoms with van der Waals surface area (Å²) in [5.41, 5.74) is 5.39. The molecule has 2 N–H and O–H groups in total. The van der Waals surface area contributed by atoms with Crippen LogP contribution in [0, 0.1) is 0 Å². The minimum absolute atomic E-state index is 0.190. The number of carbonyl (C=O) groups is 1. The monoisotopic (exact) mass is 228 g/mol. The molecule has 0 aromatic rings. The second-order valence-electron chi connectivity index (χ2n) is 5.91. The van der Waals surface area contributed by atoms with Crippen LogP contribution >= 0.6 is 0 Å². The Labute approximate surface area is 98.1 Å². The number of nitrogens with two attached hydrogens (primary N) is 1. The fourth-order valence-electron chi connectivity index (χ4n) is 1.82. The molecule has 1 saturated heterocycles. The lowest BCUT2D eigenvalue weighted by Gasteiger charge is -2.38. The number of morpholine rings is 1. The van der Waals surface area contributed by atoms with Gasteiger partial charge in [0.2, 0.25) is 5.91 Å². The molecule has 0 unspecified atom stereocenters. The van der Waals surface area contributed by atoms with Gasteiger partial charge in [-0.2, -0.15) is 0 Å². The molecule has 1 heterocycles. The van der Waals surface area contributed by atoms with Gasteiger partial charge in [-0.3, -0.25) is 4.79 Å². The van der Waals surface area contributed by atoms with E-state index in [-0.39, 0.29) is 17.0 Å². The van der Waals surface area contributed by atoms with Crippen LogP contribution in [-0.4, -0.2) is 41.6 Å². The van der Waals surface area contributed by atoms with Gasteiger partial charge >= 0.3 is 0 Å². The number of ether oxygens (including phenoxy) is 1. The molecule has 4 heteroatoms. The van der Waals surface area contributed by atoms with Crippen molar-refractivity contribution in [2.24, 2.45) is 5.73 Å². The first-order valence-electron chi connectivity index (χ1n) is 5.90. The zero-order valence-corrected chi connectivity index (χ0v) is 10.9. The van der Waals surface area contributed by atoms with Crippen molar-refractivity contribution >= 4 is 5.91 Å². The summed E-state index contributed by atoms with van der Waals surface area (Å²) in [5, 5.41) is 0. The van der Waals surface area contributed by atoms with Crippen molar-refractivity contribution in [3.8, 4) is 0 Å². The van der Waals surface area contributed by atoms with Gasteiger partial charge in [-0.1, -0.05) is 0 Å². The number of carbonyl (C=O) groups excluding carboxylic acids is 1. The highest BCUT2D eigenvalue weighted by atomic mass is 16.5. The van der Waals surface area contributed by atoms with Gasteiger partial charge in [-0.05, 0) is 34.1 Å². The molecule has 1 amide bonds. The molecule has 0 saturated carbocycles. The maximum absolute atomic E-state index is 11.9. The Morgan fingerprint density at radius 3 is 2.62 bits per heavy atom. The van der Waals surface area contributed by atoms with E-state index in [1.807, 2.05) is 32.6 Å². The van der Waals surface area contributed by atoms with Gasteiger partial charge in [0.15, 0.2) is 0 Å². The zero-order valence-electron chi connectivity index (χ0n) is 10.9. The molecule has 0 bridgehead atoms. The molecule has 94 valence electrons. The third kappa shape index (κ3) is 4.49.